The summed E-state index contributed by atoms with van der Waals surface area (Å²) < 4.78 is 1.91. The number of imidazole rings is 1. The van der Waals surface area contributed by atoms with Gasteiger partial charge in [-0.05, 0) is 49.3 Å². The van der Waals surface area contributed by atoms with Gasteiger partial charge in [-0.15, -0.1) is 0 Å². The van der Waals surface area contributed by atoms with Crippen LogP contribution in [0.2, 0.25) is 0 Å². The first-order valence-electron chi connectivity index (χ1n) is 9.80. The van der Waals surface area contributed by atoms with Crippen LogP contribution in [0.15, 0.2) is 24.3 Å². The molecule has 0 saturated carbocycles. The maximum absolute atomic E-state index is 12.8. The number of amides is 2. The van der Waals surface area contributed by atoms with Gasteiger partial charge in [0.1, 0.15) is 0 Å². The quantitative estimate of drug-likeness (QED) is 0.816. The molecule has 0 unspecified atom stereocenters. The van der Waals surface area contributed by atoms with Crippen molar-refractivity contribution in [3.05, 3.63) is 47.0 Å². The molecule has 27 heavy (non-hydrogen) atoms. The molecule has 1 aliphatic rings. The first kappa shape index (κ1) is 19.1. The maximum Gasteiger partial charge on any atom is 0.287 e. The summed E-state index contributed by atoms with van der Waals surface area (Å²) >= 11 is 0. The van der Waals surface area contributed by atoms with Crippen molar-refractivity contribution >= 4 is 17.5 Å². The average molecular weight is 368 g/mol. The monoisotopic (exact) mass is 368 g/mol. The number of carbonyl (C=O) groups excluding carboxylic acids is 2. The van der Waals surface area contributed by atoms with Gasteiger partial charge < -0.3 is 15.2 Å². The molecule has 144 valence electrons. The summed E-state index contributed by atoms with van der Waals surface area (Å²) in [4.78, 5) is 29.7. The fourth-order valence-electron chi connectivity index (χ4n) is 3.36. The molecule has 1 aromatic carbocycles. The summed E-state index contributed by atoms with van der Waals surface area (Å²) in [6, 6.07) is 7.86. The smallest absolute Gasteiger partial charge is 0.287 e. The van der Waals surface area contributed by atoms with Crippen LogP contribution in [0.25, 0.3) is 0 Å². The Hall–Kier alpha value is -2.63. The van der Waals surface area contributed by atoms with Crippen LogP contribution in [0.4, 0.5) is 5.69 Å². The van der Waals surface area contributed by atoms with Gasteiger partial charge in [-0.3, -0.25) is 9.59 Å². The largest absolute Gasteiger partial charge is 0.349 e. The molecule has 3 rings (SSSR count). The number of carbonyl (C=O) groups is 2. The Morgan fingerprint density at radius 1 is 1.15 bits per heavy atom. The van der Waals surface area contributed by atoms with Crippen LogP contribution >= 0.6 is 0 Å². The zero-order valence-corrected chi connectivity index (χ0v) is 16.3. The molecule has 0 saturated heterocycles. The Labute approximate surface area is 160 Å². The molecule has 2 N–H and O–H groups in total. The Kier molecular flexibility index (Phi) is 5.94. The molecular weight excluding hydrogens is 340 g/mol. The first-order valence-corrected chi connectivity index (χ1v) is 9.80. The lowest BCUT2D eigenvalue weighted by Crippen LogP contribution is -2.28. The summed E-state index contributed by atoms with van der Waals surface area (Å²) in [5, 5.41) is 5.79. The third-order valence-corrected chi connectivity index (χ3v) is 4.91. The minimum absolute atomic E-state index is 0.208. The van der Waals surface area contributed by atoms with Gasteiger partial charge in [0.05, 0.1) is 5.69 Å². The van der Waals surface area contributed by atoms with Crippen LogP contribution in [-0.4, -0.2) is 27.9 Å². The van der Waals surface area contributed by atoms with Crippen molar-refractivity contribution in [2.45, 2.75) is 58.9 Å². The van der Waals surface area contributed by atoms with E-state index in [-0.39, 0.29) is 11.8 Å². The molecular formula is C21H28N4O2. The highest BCUT2D eigenvalue weighted by Crippen LogP contribution is 2.23. The standard InChI is InChI=1S/C21H28N4O2/c1-4-12-22-21(27)19-24-18(17-7-5-6-13-25(17)19)20(26)23-16-10-8-15(9-11-16)14(2)3/h8-11,14H,4-7,12-13H2,1-3H3,(H,22,27)(H,23,26). The molecule has 0 bridgehead atoms. The first-order chi connectivity index (χ1) is 13.0. The van der Waals surface area contributed by atoms with Crippen molar-refractivity contribution in [3.63, 3.8) is 0 Å². The second kappa shape index (κ2) is 8.37. The molecule has 2 aromatic rings. The Bertz CT molecular complexity index is 821. The van der Waals surface area contributed by atoms with Crippen LogP contribution in [-0.2, 0) is 13.0 Å². The van der Waals surface area contributed by atoms with E-state index in [9.17, 15) is 9.59 Å². The van der Waals surface area contributed by atoms with Gasteiger partial charge in [-0.2, -0.15) is 0 Å². The minimum Gasteiger partial charge on any atom is -0.349 e. The van der Waals surface area contributed by atoms with Gasteiger partial charge in [0.15, 0.2) is 11.5 Å². The third kappa shape index (κ3) is 4.21. The van der Waals surface area contributed by atoms with E-state index in [0.29, 0.717) is 24.0 Å². The predicted octanol–water partition coefficient (Wildman–Crippen LogP) is 3.73. The van der Waals surface area contributed by atoms with Crippen molar-refractivity contribution in [2.24, 2.45) is 0 Å². The van der Waals surface area contributed by atoms with Crippen LogP contribution in [0.3, 0.4) is 0 Å². The van der Waals surface area contributed by atoms with E-state index in [0.717, 1.165) is 43.6 Å². The highest BCUT2D eigenvalue weighted by Gasteiger charge is 2.27. The van der Waals surface area contributed by atoms with Crippen LogP contribution < -0.4 is 10.6 Å². The van der Waals surface area contributed by atoms with Crippen molar-refractivity contribution in [1.82, 2.24) is 14.9 Å². The summed E-state index contributed by atoms with van der Waals surface area (Å²) in [6.45, 7) is 7.61. The van der Waals surface area contributed by atoms with Gasteiger partial charge in [0.2, 0.25) is 0 Å². The normalized spacial score (nSPS) is 13.3. The highest BCUT2D eigenvalue weighted by atomic mass is 16.2. The molecule has 0 atom stereocenters. The molecule has 1 aromatic heterocycles. The number of rotatable bonds is 6. The topological polar surface area (TPSA) is 76.0 Å². The second-order valence-electron chi connectivity index (χ2n) is 7.33. The number of nitrogens with zero attached hydrogens (tertiary/aromatic N) is 2. The summed E-state index contributed by atoms with van der Waals surface area (Å²) in [6.07, 6.45) is 3.63. The Morgan fingerprint density at radius 3 is 2.56 bits per heavy atom. The lowest BCUT2D eigenvalue weighted by Gasteiger charge is -2.17. The van der Waals surface area contributed by atoms with Gasteiger partial charge >= 0.3 is 0 Å². The summed E-state index contributed by atoms with van der Waals surface area (Å²) in [7, 11) is 0. The van der Waals surface area contributed by atoms with E-state index in [1.54, 1.807) is 0 Å². The molecule has 0 spiro atoms. The van der Waals surface area contributed by atoms with Gasteiger partial charge in [-0.25, -0.2) is 4.98 Å². The van der Waals surface area contributed by atoms with Crippen molar-refractivity contribution < 1.29 is 9.59 Å². The summed E-state index contributed by atoms with van der Waals surface area (Å²) in [5.41, 5.74) is 3.18. The summed E-state index contributed by atoms with van der Waals surface area (Å²) in [5.74, 6) is 0.324. The Morgan fingerprint density at radius 2 is 1.89 bits per heavy atom. The van der Waals surface area contributed by atoms with Gasteiger partial charge in [0, 0.05) is 18.8 Å². The van der Waals surface area contributed by atoms with E-state index in [4.69, 9.17) is 0 Å². The predicted molar refractivity (Wildman–Crippen MR) is 106 cm³/mol. The van der Waals surface area contributed by atoms with Crippen LogP contribution in [0.5, 0.6) is 0 Å². The Balaban J connectivity index is 1.83. The lowest BCUT2D eigenvalue weighted by atomic mass is 10.0. The van der Waals surface area contributed by atoms with Crippen molar-refractivity contribution in [3.8, 4) is 0 Å². The number of aromatic nitrogens is 2. The van der Waals surface area contributed by atoms with E-state index in [1.165, 1.54) is 5.56 Å². The zero-order valence-electron chi connectivity index (χ0n) is 16.3. The molecule has 6 nitrogen and oxygen atoms in total. The molecule has 2 heterocycles. The number of anilines is 1. The van der Waals surface area contributed by atoms with Crippen LogP contribution in [0.1, 0.15) is 78.3 Å². The minimum atomic E-state index is -0.257. The second-order valence-corrected chi connectivity index (χ2v) is 7.33. The number of benzene rings is 1. The third-order valence-electron chi connectivity index (χ3n) is 4.91. The lowest BCUT2D eigenvalue weighted by molar-refractivity contribution is 0.0937. The van der Waals surface area contributed by atoms with Gasteiger partial charge in [-0.1, -0.05) is 32.9 Å². The van der Waals surface area contributed by atoms with Crippen LogP contribution in [0, 0.1) is 0 Å². The molecule has 0 radical (unpaired) electrons. The molecule has 1 aliphatic heterocycles. The number of hydrogen-bond acceptors (Lipinski definition) is 3. The highest BCUT2D eigenvalue weighted by molar-refractivity contribution is 6.05. The number of nitrogens with one attached hydrogen (secondary N) is 2. The van der Waals surface area contributed by atoms with Crippen molar-refractivity contribution in [2.75, 3.05) is 11.9 Å². The zero-order chi connectivity index (χ0) is 19.4. The van der Waals surface area contributed by atoms with E-state index in [2.05, 4.69) is 29.5 Å². The van der Waals surface area contributed by atoms with E-state index in [1.807, 2.05) is 35.8 Å². The van der Waals surface area contributed by atoms with Crippen molar-refractivity contribution in [1.29, 1.82) is 0 Å². The number of hydrogen-bond donors (Lipinski definition) is 2. The van der Waals surface area contributed by atoms with E-state index >= 15 is 0 Å². The average Bonchev–Trinajstić information content (AvgIpc) is 3.06. The van der Waals surface area contributed by atoms with E-state index < -0.39 is 0 Å². The molecule has 0 aliphatic carbocycles. The molecule has 6 heteroatoms. The SMILES string of the molecule is CCCNC(=O)c1nc(C(=O)Nc2ccc(C(C)C)cc2)c2n1CCCC2. The van der Waals surface area contributed by atoms with Gasteiger partial charge in [0.25, 0.3) is 11.8 Å². The number of fused-ring (bicyclic) bond motifs is 1. The maximum atomic E-state index is 12.8. The molecule has 0 fully saturated rings. The molecule has 2 amide bonds. The fourth-order valence-corrected chi connectivity index (χ4v) is 3.36. The fraction of sp³-hybridized carbons (Fsp3) is 0.476.